The van der Waals surface area contributed by atoms with Gasteiger partial charge in [0.05, 0.1) is 48.9 Å². The van der Waals surface area contributed by atoms with Crippen molar-refractivity contribution in [3.63, 3.8) is 0 Å². The van der Waals surface area contributed by atoms with E-state index in [1.165, 1.54) is 5.57 Å². The summed E-state index contributed by atoms with van der Waals surface area (Å²) in [6.45, 7) is 6.09. The molecule has 13 N–H and O–H groups in total. The number of amides is 1. The summed E-state index contributed by atoms with van der Waals surface area (Å²) >= 11 is 0. The Labute approximate surface area is 471 Å². The van der Waals surface area contributed by atoms with E-state index in [-0.39, 0.29) is 67.7 Å². The van der Waals surface area contributed by atoms with Crippen LogP contribution in [0.4, 0.5) is 0 Å². The summed E-state index contributed by atoms with van der Waals surface area (Å²) < 4.78 is 13.1. The number of H-pyrrole nitrogens is 2. The van der Waals surface area contributed by atoms with Crippen molar-refractivity contribution in [2.24, 2.45) is 84.6 Å². The Morgan fingerprint density at radius 2 is 1.59 bits per heavy atom. The van der Waals surface area contributed by atoms with Crippen LogP contribution in [-0.4, -0.2) is 142 Å². The van der Waals surface area contributed by atoms with Gasteiger partial charge in [-0.05, 0) is 166 Å². The number of nitrogens with two attached hydrogens (primary N) is 1. The predicted octanol–water partition coefficient (Wildman–Crippen LogP) is 5.75. The molecule has 4 heterocycles. The standard InChI is InChI=1S/C62H94N6O12/c1-55(31-69)22-23-59(54(77)78)26-36(24-37-28-64-33-66-37)61-19-9-18-60(21-14-39(61)42(59)27-55)57(61,3)20-15-45-56(2,32-70)51(80-52-50(75)49(74)44(71)30-79-52)48(73)41(62(45,60)35-10-5-4-6-11-35)25-40-47(68-53(76)58(40)16-7-8-17-58)38(12-13-46(63)72)43-29-65-34-67-43/h14,28-29,33-36,38,40-42,44-52,69-75H,4-13,15-27,30-32,63H2,1-3H3,(H,64,66)(H,65,67)(H,68,76)(H,77,78)/t36-,38-,40+,41-,42+,44-,45-,46+,47+,48-,49+,50-,51-,52+,55+,56+,57-,59+,60+,61-,62+/m1/s1. The van der Waals surface area contributed by atoms with Gasteiger partial charge in [0, 0.05) is 53.2 Å². The monoisotopic (exact) mass is 1110 g/mol. The van der Waals surface area contributed by atoms with E-state index in [0.717, 1.165) is 82.0 Å². The first-order valence-electron chi connectivity index (χ1n) is 31.1. The van der Waals surface area contributed by atoms with Crippen LogP contribution in [0.15, 0.2) is 36.7 Å². The van der Waals surface area contributed by atoms with Gasteiger partial charge in [-0.2, -0.15) is 0 Å². The number of aromatic amines is 2. The molecule has 2 spiro atoms. The van der Waals surface area contributed by atoms with Crippen molar-refractivity contribution >= 4 is 11.9 Å². The van der Waals surface area contributed by atoms with Crippen LogP contribution < -0.4 is 11.1 Å². The second-order valence-electron chi connectivity index (χ2n) is 28.9. The predicted molar refractivity (Wildman–Crippen MR) is 293 cm³/mol. The Morgan fingerprint density at radius 3 is 2.26 bits per heavy atom. The number of carboxylic acids is 1. The first-order chi connectivity index (χ1) is 38.3. The Morgan fingerprint density at radius 1 is 0.838 bits per heavy atom. The van der Waals surface area contributed by atoms with Crippen LogP contribution in [0.5, 0.6) is 0 Å². The summed E-state index contributed by atoms with van der Waals surface area (Å²) in [6.07, 6.45) is 16.8. The number of hydrogen-bond donors (Lipinski definition) is 12. The maximum atomic E-state index is 15.3. The smallest absolute Gasteiger partial charge is 0.310 e. The number of nitrogens with one attached hydrogen (secondary N) is 3. The van der Waals surface area contributed by atoms with Crippen molar-refractivity contribution < 1.29 is 59.9 Å². The van der Waals surface area contributed by atoms with Gasteiger partial charge in [0.25, 0.3) is 0 Å². The fourth-order valence-corrected chi connectivity index (χ4v) is 22.6. The molecule has 2 aliphatic heterocycles. The highest BCUT2D eigenvalue weighted by molar-refractivity contribution is 5.86. The average molecular weight is 1120 g/mol. The highest BCUT2D eigenvalue weighted by atomic mass is 16.7. The number of carboxylic acid groups (broad SMARTS) is 1. The number of imidazole rings is 2. The zero-order valence-electron chi connectivity index (χ0n) is 47.6. The van der Waals surface area contributed by atoms with Crippen LogP contribution in [0.3, 0.4) is 0 Å². The van der Waals surface area contributed by atoms with Gasteiger partial charge in [-0.25, -0.2) is 9.97 Å². The van der Waals surface area contributed by atoms with Gasteiger partial charge in [0.2, 0.25) is 5.91 Å². The molecule has 1 amide bonds. The number of carbonyl (C=O) groups is 2. The number of aliphatic hydroxyl groups is 7. The maximum Gasteiger partial charge on any atom is 0.310 e. The molecule has 9 fully saturated rings. The van der Waals surface area contributed by atoms with E-state index in [2.05, 4.69) is 52.1 Å². The highest BCUT2D eigenvalue weighted by Crippen LogP contribution is 2.87. The van der Waals surface area contributed by atoms with Crippen molar-refractivity contribution in [2.75, 3.05) is 19.8 Å². The second kappa shape index (κ2) is 20.7. The molecule has 0 radical (unpaired) electrons. The molecule has 12 rings (SSSR count). The summed E-state index contributed by atoms with van der Waals surface area (Å²) in [7, 11) is 0. The molecular weight excluding hydrogens is 1020 g/mol. The van der Waals surface area contributed by atoms with E-state index >= 15 is 4.79 Å². The highest BCUT2D eigenvalue weighted by Gasteiger charge is 2.83. The zero-order valence-corrected chi connectivity index (χ0v) is 47.6. The van der Waals surface area contributed by atoms with Crippen molar-refractivity contribution in [2.45, 2.75) is 223 Å². The Balaban J connectivity index is 1.11. The third kappa shape index (κ3) is 7.97. The summed E-state index contributed by atoms with van der Waals surface area (Å²) in [6, 6.07) is -0.434. The van der Waals surface area contributed by atoms with Crippen LogP contribution in [0.1, 0.15) is 179 Å². The van der Waals surface area contributed by atoms with Gasteiger partial charge in [0.15, 0.2) is 6.29 Å². The molecule has 2 aromatic heterocycles. The fourth-order valence-electron chi connectivity index (χ4n) is 22.6. The van der Waals surface area contributed by atoms with Crippen LogP contribution >= 0.6 is 0 Å². The molecule has 444 valence electrons. The molecule has 0 unspecified atom stereocenters. The minimum absolute atomic E-state index is 0.0114. The molecular formula is C62H94N6O12. The van der Waals surface area contributed by atoms with E-state index in [0.29, 0.717) is 70.6 Å². The zero-order chi connectivity index (χ0) is 56.4. The fraction of sp³-hybridized carbons (Fsp3) is 0.839. The number of carbonyl (C=O) groups excluding carboxylic acids is 1. The summed E-state index contributed by atoms with van der Waals surface area (Å²) in [5.74, 6) is -2.52. The van der Waals surface area contributed by atoms with Crippen molar-refractivity contribution in [3.05, 3.63) is 48.1 Å². The number of hydrogen-bond acceptors (Lipinski definition) is 14. The van der Waals surface area contributed by atoms with Crippen LogP contribution in [0.25, 0.3) is 0 Å². The Hall–Kier alpha value is -3.30. The third-order valence-electron chi connectivity index (χ3n) is 26.0. The Kier molecular flexibility index (Phi) is 14.8. The van der Waals surface area contributed by atoms with E-state index in [4.69, 9.17) is 15.2 Å². The van der Waals surface area contributed by atoms with E-state index in [1.54, 1.807) is 18.9 Å². The third-order valence-corrected chi connectivity index (χ3v) is 26.0. The van der Waals surface area contributed by atoms with Gasteiger partial charge >= 0.3 is 5.97 Å². The first kappa shape index (κ1) is 57.1. The number of aliphatic hydroxyl groups excluding tert-OH is 7. The summed E-state index contributed by atoms with van der Waals surface area (Å²) in [5, 5.41) is 97.7. The molecule has 7 saturated carbocycles. The van der Waals surface area contributed by atoms with Gasteiger partial charge in [-0.15, -0.1) is 0 Å². The van der Waals surface area contributed by atoms with E-state index in [1.807, 2.05) is 6.20 Å². The van der Waals surface area contributed by atoms with Gasteiger partial charge in [0.1, 0.15) is 24.5 Å². The normalized spacial score (nSPS) is 46.8. The molecule has 80 heavy (non-hydrogen) atoms. The van der Waals surface area contributed by atoms with Crippen LogP contribution in [0, 0.1) is 78.8 Å². The van der Waals surface area contributed by atoms with Gasteiger partial charge < -0.3 is 71.3 Å². The van der Waals surface area contributed by atoms with Crippen molar-refractivity contribution in [3.8, 4) is 0 Å². The number of fused-ring (bicyclic) bond motifs is 3. The van der Waals surface area contributed by atoms with Gasteiger partial charge in [-0.1, -0.05) is 70.9 Å². The van der Waals surface area contributed by atoms with E-state index < -0.39 is 104 Å². The number of aromatic nitrogens is 4. The van der Waals surface area contributed by atoms with E-state index in [9.17, 15) is 45.6 Å². The minimum Gasteiger partial charge on any atom is -0.481 e. The second-order valence-corrected chi connectivity index (χ2v) is 28.9. The number of rotatable bonds is 15. The molecule has 21 atom stereocenters. The summed E-state index contributed by atoms with van der Waals surface area (Å²) in [5.41, 5.74) is 3.57. The molecule has 2 aromatic rings. The molecule has 0 aromatic carbocycles. The topological polar surface area (TPSA) is 310 Å². The SMILES string of the molecule is C[C@]1(CO)CC[C@]2(C(=O)O)C[C@@H](Cc3cnc[nH]3)[C@]34CCC[C@@]5(CC=C3[C@@H]2C1)[C@@]1(C2CCCCC2)[C@H](C[C@H]2[C@H]([C@H](CC[C@@H](N)O)c3cnc[nH]3)NC(=O)C23CCCC3)[C@@H](O)[C@@H](O[C@@H]2OC[C@@H](O)[C@H](O)[C@H]2O)[C@@](C)(CO)[C@H]1CC[C@]54C. The number of allylic oxidation sites excluding steroid dienone is 2. The molecule has 18 nitrogen and oxygen atoms in total. The lowest BCUT2D eigenvalue weighted by Crippen LogP contribution is -2.80. The molecule has 10 aliphatic rings. The van der Waals surface area contributed by atoms with Gasteiger partial charge in [-0.3, -0.25) is 9.59 Å². The number of nitrogens with zero attached hydrogens (tertiary/aromatic N) is 2. The Bertz CT molecular complexity index is 2590. The number of ether oxygens (including phenoxy) is 2. The quantitative estimate of drug-likeness (QED) is 0.0574. The summed E-state index contributed by atoms with van der Waals surface area (Å²) in [4.78, 5) is 45.5. The minimum atomic E-state index is -1.65. The molecule has 18 heteroatoms. The van der Waals surface area contributed by atoms with Crippen LogP contribution in [-0.2, 0) is 25.5 Å². The van der Waals surface area contributed by atoms with Crippen molar-refractivity contribution in [1.29, 1.82) is 0 Å². The maximum absolute atomic E-state index is 15.3. The molecule has 2 saturated heterocycles. The first-order valence-corrected chi connectivity index (χ1v) is 31.1. The molecule has 2 bridgehead atoms. The van der Waals surface area contributed by atoms with Crippen LogP contribution in [0.2, 0.25) is 0 Å². The average Bonchev–Trinajstić information content (AvgIpc) is 1.54. The van der Waals surface area contributed by atoms with Crippen molar-refractivity contribution in [1.82, 2.24) is 25.3 Å². The largest absolute Gasteiger partial charge is 0.481 e. The number of aliphatic carboxylic acids is 1. The lowest BCUT2D eigenvalue weighted by Gasteiger charge is -2.83. The molecule has 8 aliphatic carbocycles. The lowest BCUT2D eigenvalue weighted by molar-refractivity contribution is -0.376. The lowest BCUT2D eigenvalue weighted by atomic mass is 9.21.